The first-order chi connectivity index (χ1) is 11.7. The highest BCUT2D eigenvalue weighted by atomic mass is 16.5. The second-order valence-corrected chi connectivity index (χ2v) is 5.58. The number of nitrogens with one attached hydrogen (secondary N) is 2. The number of primary amides is 1. The van der Waals surface area contributed by atoms with Gasteiger partial charge in [0.15, 0.2) is 0 Å². The van der Waals surface area contributed by atoms with Crippen LogP contribution in [0.3, 0.4) is 0 Å². The zero-order valence-electron chi connectivity index (χ0n) is 14.5. The molecule has 1 rings (SSSR count). The molecule has 0 bridgehead atoms. The van der Waals surface area contributed by atoms with E-state index in [2.05, 4.69) is 10.6 Å². The number of esters is 1. The SMILES string of the molecule is CCOC(=O)[C@H](C)C[C@@H](NC(=O)c1ccc(NC(C)=O)cc1)C(N)=O. The van der Waals surface area contributed by atoms with Crippen molar-refractivity contribution in [3.8, 4) is 0 Å². The lowest BCUT2D eigenvalue weighted by Gasteiger charge is -2.19. The van der Waals surface area contributed by atoms with Gasteiger partial charge >= 0.3 is 5.97 Å². The summed E-state index contributed by atoms with van der Waals surface area (Å²) < 4.78 is 4.88. The Morgan fingerprint density at radius 3 is 2.24 bits per heavy atom. The predicted molar refractivity (Wildman–Crippen MR) is 91.6 cm³/mol. The van der Waals surface area contributed by atoms with E-state index in [0.29, 0.717) is 11.3 Å². The van der Waals surface area contributed by atoms with Crippen molar-refractivity contribution in [2.75, 3.05) is 11.9 Å². The molecule has 0 saturated heterocycles. The fraction of sp³-hybridized carbons (Fsp3) is 0.412. The molecule has 0 heterocycles. The van der Waals surface area contributed by atoms with Crippen LogP contribution in [0.1, 0.15) is 37.6 Å². The van der Waals surface area contributed by atoms with Crippen LogP contribution in [-0.4, -0.2) is 36.3 Å². The summed E-state index contributed by atoms with van der Waals surface area (Å²) in [4.78, 5) is 46.5. The Bertz CT molecular complexity index is 642. The summed E-state index contributed by atoms with van der Waals surface area (Å²) in [5.41, 5.74) is 6.15. The monoisotopic (exact) mass is 349 g/mol. The molecular weight excluding hydrogens is 326 g/mol. The van der Waals surface area contributed by atoms with E-state index in [0.717, 1.165) is 0 Å². The lowest BCUT2D eigenvalue weighted by molar-refractivity contribution is -0.147. The number of hydrogen-bond donors (Lipinski definition) is 3. The Kier molecular flexibility index (Phi) is 7.58. The van der Waals surface area contributed by atoms with Crippen LogP contribution < -0.4 is 16.4 Å². The summed E-state index contributed by atoms with van der Waals surface area (Å²) >= 11 is 0. The number of carbonyl (C=O) groups excluding carboxylic acids is 4. The number of benzene rings is 1. The molecule has 2 atom stereocenters. The Hall–Kier alpha value is -2.90. The van der Waals surface area contributed by atoms with Crippen LogP contribution in [0.25, 0.3) is 0 Å². The standard InChI is InChI=1S/C17H23N3O5/c1-4-25-17(24)10(2)9-14(15(18)22)20-16(23)12-5-7-13(8-6-12)19-11(3)21/h5-8,10,14H,4,9H2,1-3H3,(H2,18,22)(H,19,21)(H,20,23)/t10-,14-/m1/s1. The predicted octanol–water partition coefficient (Wildman–Crippen LogP) is 0.818. The molecule has 3 amide bonds. The molecule has 0 saturated carbocycles. The fourth-order valence-corrected chi connectivity index (χ4v) is 2.13. The molecule has 136 valence electrons. The van der Waals surface area contributed by atoms with E-state index in [-0.39, 0.29) is 18.9 Å². The maximum absolute atomic E-state index is 12.2. The average molecular weight is 349 g/mol. The van der Waals surface area contributed by atoms with Crippen LogP contribution in [0.2, 0.25) is 0 Å². The minimum absolute atomic E-state index is 0.0455. The van der Waals surface area contributed by atoms with Crippen LogP contribution in [0.15, 0.2) is 24.3 Å². The molecule has 0 spiro atoms. The Labute approximate surface area is 146 Å². The van der Waals surface area contributed by atoms with Gasteiger partial charge in [0.2, 0.25) is 11.8 Å². The smallest absolute Gasteiger partial charge is 0.308 e. The molecule has 0 radical (unpaired) electrons. The number of nitrogens with two attached hydrogens (primary N) is 1. The Morgan fingerprint density at radius 2 is 1.76 bits per heavy atom. The normalized spacial score (nSPS) is 12.6. The molecular formula is C17H23N3O5. The third kappa shape index (κ3) is 6.62. The number of hydrogen-bond acceptors (Lipinski definition) is 5. The third-order valence-electron chi connectivity index (χ3n) is 3.39. The first kappa shape index (κ1) is 20.1. The number of anilines is 1. The number of ether oxygens (including phenoxy) is 1. The van der Waals surface area contributed by atoms with Crippen LogP contribution in [-0.2, 0) is 19.1 Å². The molecule has 4 N–H and O–H groups in total. The fourth-order valence-electron chi connectivity index (χ4n) is 2.13. The molecule has 0 unspecified atom stereocenters. The Morgan fingerprint density at radius 1 is 1.16 bits per heavy atom. The van der Waals surface area contributed by atoms with Gasteiger partial charge in [0, 0.05) is 18.2 Å². The third-order valence-corrected chi connectivity index (χ3v) is 3.39. The van der Waals surface area contributed by atoms with Crippen molar-refractivity contribution in [1.29, 1.82) is 0 Å². The molecule has 0 aliphatic carbocycles. The molecule has 0 aliphatic heterocycles. The summed E-state index contributed by atoms with van der Waals surface area (Å²) in [6, 6.07) is 5.15. The second-order valence-electron chi connectivity index (χ2n) is 5.58. The first-order valence-corrected chi connectivity index (χ1v) is 7.89. The van der Waals surface area contributed by atoms with Crippen LogP contribution in [0.5, 0.6) is 0 Å². The van der Waals surface area contributed by atoms with E-state index in [1.807, 2.05) is 0 Å². The summed E-state index contributed by atoms with van der Waals surface area (Å²) in [5, 5.41) is 5.10. The van der Waals surface area contributed by atoms with Crippen molar-refractivity contribution >= 4 is 29.4 Å². The van der Waals surface area contributed by atoms with Gasteiger partial charge in [-0.1, -0.05) is 6.92 Å². The summed E-state index contributed by atoms with van der Waals surface area (Å²) in [6.45, 7) is 4.89. The molecule has 1 aromatic carbocycles. The average Bonchev–Trinajstić information content (AvgIpc) is 2.54. The topological polar surface area (TPSA) is 128 Å². The van der Waals surface area contributed by atoms with E-state index in [4.69, 9.17) is 10.5 Å². The van der Waals surface area contributed by atoms with Gasteiger partial charge in [-0.2, -0.15) is 0 Å². The van der Waals surface area contributed by atoms with E-state index in [1.165, 1.54) is 19.1 Å². The summed E-state index contributed by atoms with van der Waals surface area (Å²) in [5.74, 6) is -2.50. The molecule has 0 fully saturated rings. The van der Waals surface area contributed by atoms with Crippen molar-refractivity contribution in [3.63, 3.8) is 0 Å². The maximum atomic E-state index is 12.2. The van der Waals surface area contributed by atoms with Crippen molar-refractivity contribution in [3.05, 3.63) is 29.8 Å². The molecule has 0 aliphatic rings. The first-order valence-electron chi connectivity index (χ1n) is 7.89. The van der Waals surface area contributed by atoms with E-state index >= 15 is 0 Å². The molecule has 8 nitrogen and oxygen atoms in total. The lowest BCUT2D eigenvalue weighted by atomic mass is 10.0. The summed E-state index contributed by atoms with van der Waals surface area (Å²) in [7, 11) is 0. The highest BCUT2D eigenvalue weighted by molar-refractivity contribution is 5.98. The van der Waals surface area contributed by atoms with Crippen LogP contribution >= 0.6 is 0 Å². The van der Waals surface area contributed by atoms with Gasteiger partial charge in [-0.3, -0.25) is 19.2 Å². The second kappa shape index (κ2) is 9.41. The largest absolute Gasteiger partial charge is 0.466 e. The van der Waals surface area contributed by atoms with Gasteiger partial charge in [0.1, 0.15) is 6.04 Å². The number of carbonyl (C=O) groups is 4. The van der Waals surface area contributed by atoms with Crippen molar-refractivity contribution < 1.29 is 23.9 Å². The van der Waals surface area contributed by atoms with Crippen LogP contribution in [0, 0.1) is 5.92 Å². The van der Waals surface area contributed by atoms with E-state index in [9.17, 15) is 19.2 Å². The highest BCUT2D eigenvalue weighted by Gasteiger charge is 2.25. The summed E-state index contributed by atoms with van der Waals surface area (Å²) in [6.07, 6.45) is 0.0455. The van der Waals surface area contributed by atoms with Gasteiger partial charge in [0.05, 0.1) is 12.5 Å². The van der Waals surface area contributed by atoms with Gasteiger partial charge < -0.3 is 21.1 Å². The highest BCUT2D eigenvalue weighted by Crippen LogP contribution is 2.12. The quantitative estimate of drug-likeness (QED) is 0.599. The van der Waals surface area contributed by atoms with Crippen molar-refractivity contribution in [2.45, 2.75) is 33.2 Å². The van der Waals surface area contributed by atoms with Gasteiger partial charge in [-0.15, -0.1) is 0 Å². The number of amides is 3. The molecule has 1 aromatic rings. The zero-order valence-corrected chi connectivity index (χ0v) is 14.5. The van der Waals surface area contributed by atoms with Crippen molar-refractivity contribution in [2.24, 2.45) is 11.7 Å². The van der Waals surface area contributed by atoms with Crippen molar-refractivity contribution in [1.82, 2.24) is 5.32 Å². The molecule has 8 heteroatoms. The van der Waals surface area contributed by atoms with E-state index < -0.39 is 29.7 Å². The van der Waals surface area contributed by atoms with E-state index in [1.54, 1.807) is 26.0 Å². The zero-order chi connectivity index (χ0) is 19.0. The molecule has 25 heavy (non-hydrogen) atoms. The Balaban J connectivity index is 2.74. The number of rotatable bonds is 8. The minimum atomic E-state index is -0.998. The molecule has 0 aromatic heterocycles. The van der Waals surface area contributed by atoms with Gasteiger partial charge in [-0.25, -0.2) is 0 Å². The van der Waals surface area contributed by atoms with Crippen LogP contribution in [0.4, 0.5) is 5.69 Å². The van der Waals surface area contributed by atoms with Gasteiger partial charge in [-0.05, 0) is 37.6 Å². The minimum Gasteiger partial charge on any atom is -0.466 e. The lowest BCUT2D eigenvalue weighted by Crippen LogP contribution is -2.46. The maximum Gasteiger partial charge on any atom is 0.308 e. The van der Waals surface area contributed by atoms with Gasteiger partial charge in [0.25, 0.3) is 5.91 Å².